The van der Waals surface area contributed by atoms with E-state index < -0.39 is 24.3 Å². The zero-order chi connectivity index (χ0) is 32.7. The SMILES string of the molecule is Cc1cccc(C(=O)N2CCC(n3cnc4ncc(-c5cccnc5)nc43)CC2)n1.O=C(O)C(F)(F)F.O=C(O)C(F)(F)F. The van der Waals surface area contributed by atoms with Crippen LogP contribution in [0.15, 0.2) is 55.2 Å². The summed E-state index contributed by atoms with van der Waals surface area (Å²) in [4.78, 5) is 54.7. The fourth-order valence-corrected chi connectivity index (χ4v) is 3.90. The van der Waals surface area contributed by atoms with E-state index >= 15 is 0 Å². The third kappa shape index (κ3) is 8.92. The number of pyridine rings is 2. The number of carbonyl (C=O) groups is 3. The first kappa shape index (κ1) is 33.3. The van der Waals surface area contributed by atoms with Gasteiger partial charge in [-0.1, -0.05) is 6.07 Å². The van der Waals surface area contributed by atoms with Gasteiger partial charge in [0.25, 0.3) is 5.91 Å². The molecule has 0 aliphatic carbocycles. The number of hydrogen-bond acceptors (Lipinski definition) is 8. The Balaban J connectivity index is 0.000000317. The Labute approximate surface area is 244 Å². The largest absolute Gasteiger partial charge is 0.490 e. The van der Waals surface area contributed by atoms with E-state index in [9.17, 15) is 31.1 Å². The molecule has 1 amide bonds. The molecule has 0 bridgehead atoms. The lowest BCUT2D eigenvalue weighted by Crippen LogP contribution is -2.39. The van der Waals surface area contributed by atoms with Gasteiger partial charge < -0.3 is 19.7 Å². The normalized spacial score (nSPS) is 13.8. The van der Waals surface area contributed by atoms with Gasteiger partial charge in [0.1, 0.15) is 5.69 Å². The molecule has 0 saturated carbocycles. The number of imidazole rings is 1. The molecule has 2 N–H and O–H groups in total. The Morgan fingerprint density at radius 1 is 0.864 bits per heavy atom. The van der Waals surface area contributed by atoms with Crippen LogP contribution in [0.1, 0.15) is 35.1 Å². The number of carboxylic acids is 2. The van der Waals surface area contributed by atoms with Gasteiger partial charge in [0.15, 0.2) is 11.3 Å². The Bertz CT molecular complexity index is 1580. The number of rotatable bonds is 3. The Morgan fingerprint density at radius 2 is 1.48 bits per heavy atom. The molecule has 5 heterocycles. The first-order valence-corrected chi connectivity index (χ1v) is 12.5. The summed E-state index contributed by atoms with van der Waals surface area (Å²) >= 11 is 0. The Kier molecular flexibility index (Phi) is 10.5. The summed E-state index contributed by atoms with van der Waals surface area (Å²) in [7, 11) is 0. The monoisotopic (exact) mass is 627 g/mol. The predicted octanol–water partition coefficient (Wildman–Crippen LogP) is 4.34. The van der Waals surface area contributed by atoms with Gasteiger partial charge in [-0.05, 0) is 44.0 Å². The summed E-state index contributed by atoms with van der Waals surface area (Å²) in [6, 6.07) is 9.62. The van der Waals surface area contributed by atoms with Crippen molar-refractivity contribution in [3.8, 4) is 11.3 Å². The van der Waals surface area contributed by atoms with Crippen LogP contribution in [0.3, 0.4) is 0 Å². The van der Waals surface area contributed by atoms with Crippen LogP contribution in [-0.2, 0) is 9.59 Å². The van der Waals surface area contributed by atoms with Gasteiger partial charge in [0.05, 0.1) is 18.2 Å². The van der Waals surface area contributed by atoms with E-state index in [0.717, 1.165) is 35.4 Å². The Hall–Kier alpha value is -5.16. The number of amides is 1. The highest BCUT2D eigenvalue weighted by Gasteiger charge is 2.39. The minimum atomic E-state index is -5.08. The topological polar surface area (TPSA) is 164 Å². The van der Waals surface area contributed by atoms with Crippen LogP contribution in [0.5, 0.6) is 0 Å². The average Bonchev–Trinajstić information content (AvgIpc) is 3.40. The van der Waals surface area contributed by atoms with Crippen molar-refractivity contribution in [2.75, 3.05) is 13.1 Å². The van der Waals surface area contributed by atoms with Crippen LogP contribution in [0.4, 0.5) is 26.3 Å². The van der Waals surface area contributed by atoms with Crippen LogP contribution in [-0.4, -0.2) is 87.9 Å². The van der Waals surface area contributed by atoms with Crippen molar-refractivity contribution in [2.24, 2.45) is 0 Å². The molecule has 0 spiro atoms. The molecule has 234 valence electrons. The third-order valence-electron chi connectivity index (χ3n) is 5.98. The molecule has 1 aliphatic rings. The van der Waals surface area contributed by atoms with Gasteiger partial charge in [-0.25, -0.2) is 29.5 Å². The summed E-state index contributed by atoms with van der Waals surface area (Å²) in [5, 5.41) is 14.2. The van der Waals surface area contributed by atoms with Crippen molar-refractivity contribution in [1.82, 2.24) is 34.4 Å². The molecule has 0 atom stereocenters. The number of carboxylic acid groups (broad SMARTS) is 2. The molecule has 1 aliphatic heterocycles. The van der Waals surface area contributed by atoms with E-state index in [4.69, 9.17) is 24.8 Å². The lowest BCUT2D eigenvalue weighted by molar-refractivity contribution is -0.193. The number of hydrogen-bond donors (Lipinski definition) is 2. The summed E-state index contributed by atoms with van der Waals surface area (Å²) in [5.41, 5.74) is 4.45. The molecule has 1 fully saturated rings. The fourth-order valence-electron chi connectivity index (χ4n) is 3.90. The molecular formula is C26H23F6N7O5. The molecule has 0 aromatic carbocycles. The molecule has 4 aromatic rings. The second kappa shape index (κ2) is 13.9. The molecule has 0 radical (unpaired) electrons. The van der Waals surface area contributed by atoms with E-state index in [1.807, 2.05) is 42.4 Å². The molecule has 12 nitrogen and oxygen atoms in total. The number of piperidine rings is 1. The number of aromatic nitrogens is 6. The van der Waals surface area contributed by atoms with Crippen molar-refractivity contribution in [1.29, 1.82) is 0 Å². The number of alkyl halides is 6. The van der Waals surface area contributed by atoms with Crippen molar-refractivity contribution < 1.29 is 50.9 Å². The highest BCUT2D eigenvalue weighted by atomic mass is 19.4. The van der Waals surface area contributed by atoms with E-state index in [0.29, 0.717) is 24.4 Å². The van der Waals surface area contributed by atoms with Gasteiger partial charge in [-0.15, -0.1) is 0 Å². The molecule has 4 aromatic heterocycles. The highest BCUT2D eigenvalue weighted by Crippen LogP contribution is 2.27. The molecular weight excluding hydrogens is 604 g/mol. The zero-order valence-corrected chi connectivity index (χ0v) is 22.6. The number of halogens is 6. The van der Waals surface area contributed by atoms with E-state index in [1.165, 1.54) is 0 Å². The van der Waals surface area contributed by atoms with Crippen molar-refractivity contribution in [3.05, 3.63) is 66.6 Å². The summed E-state index contributed by atoms with van der Waals surface area (Å²) in [6.07, 6.45) is -1.45. The number of aryl methyl sites for hydroxylation is 1. The highest BCUT2D eigenvalue weighted by molar-refractivity contribution is 5.92. The first-order chi connectivity index (χ1) is 20.6. The van der Waals surface area contributed by atoms with Gasteiger partial charge in [0, 0.05) is 42.8 Å². The maximum absolute atomic E-state index is 12.8. The van der Waals surface area contributed by atoms with Crippen LogP contribution < -0.4 is 0 Å². The zero-order valence-electron chi connectivity index (χ0n) is 22.6. The summed E-state index contributed by atoms with van der Waals surface area (Å²) in [5.74, 6) is -5.52. The molecule has 44 heavy (non-hydrogen) atoms. The van der Waals surface area contributed by atoms with Gasteiger partial charge in [-0.3, -0.25) is 9.78 Å². The van der Waals surface area contributed by atoms with Crippen molar-refractivity contribution >= 4 is 29.1 Å². The van der Waals surface area contributed by atoms with Crippen molar-refractivity contribution in [3.63, 3.8) is 0 Å². The maximum Gasteiger partial charge on any atom is 0.490 e. The second-order valence-corrected chi connectivity index (χ2v) is 9.09. The molecule has 18 heteroatoms. The lowest BCUT2D eigenvalue weighted by Gasteiger charge is -2.32. The first-order valence-electron chi connectivity index (χ1n) is 12.5. The van der Waals surface area contributed by atoms with E-state index in [-0.39, 0.29) is 11.9 Å². The predicted molar refractivity (Wildman–Crippen MR) is 139 cm³/mol. The van der Waals surface area contributed by atoms with Crippen LogP contribution in [0.2, 0.25) is 0 Å². The number of carbonyl (C=O) groups excluding carboxylic acids is 1. The van der Waals surface area contributed by atoms with Gasteiger partial charge in [-0.2, -0.15) is 26.3 Å². The molecule has 5 rings (SSSR count). The summed E-state index contributed by atoms with van der Waals surface area (Å²) in [6.45, 7) is 3.25. The molecule has 1 saturated heterocycles. The minimum Gasteiger partial charge on any atom is -0.475 e. The lowest BCUT2D eigenvalue weighted by atomic mass is 10.0. The third-order valence-corrected chi connectivity index (χ3v) is 5.98. The average molecular weight is 628 g/mol. The van der Waals surface area contributed by atoms with E-state index in [1.54, 1.807) is 24.7 Å². The van der Waals surface area contributed by atoms with Crippen LogP contribution in [0.25, 0.3) is 22.6 Å². The van der Waals surface area contributed by atoms with Gasteiger partial charge >= 0.3 is 24.3 Å². The maximum atomic E-state index is 12.8. The Morgan fingerprint density at radius 3 is 2.00 bits per heavy atom. The standard InChI is InChI=1S/C22H21N7O.2C2HF3O2/c1-15-4-2-6-18(26-15)22(30)28-10-7-17(8-11-28)29-14-25-20-21(29)27-19(13-24-20)16-5-3-9-23-12-16;2*3-2(4,5)1(6)7/h2-6,9,12-14,17H,7-8,10-11H2,1H3;2*(H,6,7). The quantitative estimate of drug-likeness (QED) is 0.312. The van der Waals surface area contributed by atoms with Crippen molar-refractivity contribution in [2.45, 2.75) is 38.2 Å². The number of likely N-dealkylation sites (tertiary alicyclic amines) is 1. The number of fused-ring (bicyclic) bond motifs is 1. The van der Waals surface area contributed by atoms with Crippen LogP contribution >= 0.6 is 0 Å². The number of nitrogens with zero attached hydrogens (tertiary/aromatic N) is 7. The van der Waals surface area contributed by atoms with Crippen LogP contribution in [0, 0.1) is 6.92 Å². The van der Waals surface area contributed by atoms with Gasteiger partial charge in [0.2, 0.25) is 0 Å². The smallest absolute Gasteiger partial charge is 0.475 e. The summed E-state index contributed by atoms with van der Waals surface area (Å²) < 4.78 is 65.6. The minimum absolute atomic E-state index is 0.00806. The molecule has 0 unspecified atom stereocenters. The second-order valence-electron chi connectivity index (χ2n) is 9.09. The van der Waals surface area contributed by atoms with E-state index in [2.05, 4.69) is 24.5 Å². The fraction of sp³-hybridized carbons (Fsp3) is 0.308. The number of aliphatic carboxylic acids is 2.